The van der Waals surface area contributed by atoms with Gasteiger partial charge in [-0.15, -0.1) is 0 Å². The van der Waals surface area contributed by atoms with Gasteiger partial charge in [-0.1, -0.05) is 28.1 Å². The maximum absolute atomic E-state index is 10.9. The molecule has 2 N–H and O–H groups in total. The lowest BCUT2D eigenvalue weighted by Crippen LogP contribution is -2.12. The summed E-state index contributed by atoms with van der Waals surface area (Å²) in [6.45, 7) is 0. The summed E-state index contributed by atoms with van der Waals surface area (Å²) in [6, 6.07) is 9.47. The number of benzene rings is 1. The molecule has 0 saturated heterocycles. The van der Waals surface area contributed by atoms with Crippen molar-refractivity contribution in [3.8, 4) is 5.69 Å². The van der Waals surface area contributed by atoms with Gasteiger partial charge in [0.15, 0.2) is 0 Å². The Morgan fingerprint density at radius 2 is 2.00 bits per heavy atom. The maximum atomic E-state index is 10.9. The number of amides is 1. The minimum atomic E-state index is -0.518. The monoisotopic (exact) mass is 279 g/mol. The van der Waals surface area contributed by atoms with Crippen molar-refractivity contribution in [2.24, 2.45) is 5.73 Å². The van der Waals surface area contributed by atoms with Crippen molar-refractivity contribution in [3.63, 3.8) is 0 Å². The number of alkyl halides is 1. The number of primary amides is 1. The molecule has 16 heavy (non-hydrogen) atoms. The van der Waals surface area contributed by atoms with Crippen molar-refractivity contribution in [1.29, 1.82) is 0 Å². The number of carbonyl (C=O) groups is 1. The Morgan fingerprint density at radius 3 is 2.50 bits per heavy atom. The molecule has 0 bridgehead atoms. The Labute approximate surface area is 101 Å². The topological polar surface area (TPSA) is 60.9 Å². The number of nitrogens with two attached hydrogens (primary N) is 1. The average Bonchev–Trinajstić information content (AvgIpc) is 2.78. The second kappa shape index (κ2) is 4.49. The van der Waals surface area contributed by atoms with Gasteiger partial charge < -0.3 is 5.73 Å². The third kappa shape index (κ3) is 2.14. The molecule has 1 heterocycles. The van der Waals surface area contributed by atoms with Gasteiger partial charge in [0.2, 0.25) is 0 Å². The number of halogens is 1. The fourth-order valence-electron chi connectivity index (χ4n) is 1.34. The van der Waals surface area contributed by atoms with E-state index in [-0.39, 0.29) is 5.69 Å². The zero-order valence-electron chi connectivity index (χ0n) is 8.43. The van der Waals surface area contributed by atoms with E-state index < -0.39 is 5.91 Å². The molecular weight excluding hydrogens is 270 g/mol. The normalized spacial score (nSPS) is 10.3. The van der Waals surface area contributed by atoms with E-state index in [1.165, 1.54) is 5.56 Å². The van der Waals surface area contributed by atoms with E-state index in [9.17, 15) is 4.79 Å². The first-order valence-electron chi connectivity index (χ1n) is 4.71. The summed E-state index contributed by atoms with van der Waals surface area (Å²) in [6.07, 6.45) is 1.71. The highest BCUT2D eigenvalue weighted by molar-refractivity contribution is 9.08. The van der Waals surface area contributed by atoms with Crippen LogP contribution >= 0.6 is 15.9 Å². The second-order valence-electron chi connectivity index (χ2n) is 3.31. The Kier molecular flexibility index (Phi) is 3.05. The number of carbonyl (C=O) groups excluding carboxylic acids is 1. The standard InChI is InChI=1S/C11H10BrN3O/c12-7-8-1-3-9(4-2-8)15-6-5-10(14-15)11(13)16/h1-6H,7H2,(H2,13,16). The number of hydrogen-bond donors (Lipinski definition) is 1. The molecule has 1 aromatic heterocycles. The smallest absolute Gasteiger partial charge is 0.269 e. The summed E-state index contributed by atoms with van der Waals surface area (Å²) in [5.74, 6) is -0.518. The molecule has 2 aromatic rings. The van der Waals surface area contributed by atoms with Gasteiger partial charge in [-0.05, 0) is 23.8 Å². The SMILES string of the molecule is NC(=O)c1ccn(-c2ccc(CBr)cc2)n1. The Balaban J connectivity index is 2.31. The lowest BCUT2D eigenvalue weighted by molar-refractivity contribution is 0.0995. The van der Waals surface area contributed by atoms with Crippen LogP contribution in [0.1, 0.15) is 16.1 Å². The molecule has 2 rings (SSSR count). The molecular formula is C11H10BrN3O. The van der Waals surface area contributed by atoms with Crippen LogP contribution in [0.5, 0.6) is 0 Å². The third-order valence-electron chi connectivity index (χ3n) is 2.20. The lowest BCUT2D eigenvalue weighted by Gasteiger charge is -2.01. The van der Waals surface area contributed by atoms with Gasteiger partial charge >= 0.3 is 0 Å². The summed E-state index contributed by atoms with van der Waals surface area (Å²) in [4.78, 5) is 10.9. The average molecular weight is 280 g/mol. The number of aromatic nitrogens is 2. The highest BCUT2D eigenvalue weighted by Crippen LogP contribution is 2.11. The van der Waals surface area contributed by atoms with Crippen LogP contribution in [0.15, 0.2) is 36.5 Å². The van der Waals surface area contributed by atoms with Crippen LogP contribution in [0.2, 0.25) is 0 Å². The molecule has 1 amide bonds. The number of hydrogen-bond acceptors (Lipinski definition) is 2. The van der Waals surface area contributed by atoms with Crippen LogP contribution in [0, 0.1) is 0 Å². The van der Waals surface area contributed by atoms with Gasteiger partial charge in [0, 0.05) is 11.5 Å². The molecule has 0 radical (unpaired) electrons. The molecule has 82 valence electrons. The Morgan fingerprint density at radius 1 is 1.31 bits per heavy atom. The zero-order valence-corrected chi connectivity index (χ0v) is 10.0. The van der Waals surface area contributed by atoms with Gasteiger partial charge in [-0.3, -0.25) is 4.79 Å². The van der Waals surface area contributed by atoms with Crippen molar-refractivity contribution in [1.82, 2.24) is 9.78 Å². The predicted octanol–water partition coefficient (Wildman–Crippen LogP) is 1.87. The fourth-order valence-corrected chi connectivity index (χ4v) is 1.71. The minimum Gasteiger partial charge on any atom is -0.364 e. The number of rotatable bonds is 3. The van der Waals surface area contributed by atoms with Crippen LogP contribution in [0.4, 0.5) is 0 Å². The number of nitrogens with zero attached hydrogens (tertiary/aromatic N) is 2. The summed E-state index contributed by atoms with van der Waals surface area (Å²) in [7, 11) is 0. The van der Waals surface area contributed by atoms with Gasteiger partial charge in [-0.2, -0.15) is 5.10 Å². The molecule has 1 aromatic carbocycles. The van der Waals surface area contributed by atoms with Crippen molar-refractivity contribution in [2.75, 3.05) is 0 Å². The molecule has 0 atom stereocenters. The van der Waals surface area contributed by atoms with Crippen molar-refractivity contribution >= 4 is 21.8 Å². The van der Waals surface area contributed by atoms with Crippen LogP contribution in [-0.4, -0.2) is 15.7 Å². The largest absolute Gasteiger partial charge is 0.364 e. The first-order chi connectivity index (χ1) is 7.70. The highest BCUT2D eigenvalue weighted by atomic mass is 79.9. The van der Waals surface area contributed by atoms with Crippen LogP contribution in [0.3, 0.4) is 0 Å². The van der Waals surface area contributed by atoms with Crippen LogP contribution in [0.25, 0.3) is 5.69 Å². The van der Waals surface area contributed by atoms with E-state index in [0.29, 0.717) is 0 Å². The highest BCUT2D eigenvalue weighted by Gasteiger charge is 2.05. The van der Waals surface area contributed by atoms with E-state index >= 15 is 0 Å². The minimum absolute atomic E-state index is 0.268. The van der Waals surface area contributed by atoms with Crippen LogP contribution in [-0.2, 0) is 5.33 Å². The second-order valence-corrected chi connectivity index (χ2v) is 3.87. The van der Waals surface area contributed by atoms with Crippen molar-refractivity contribution in [3.05, 3.63) is 47.8 Å². The Bertz CT molecular complexity index is 504. The third-order valence-corrected chi connectivity index (χ3v) is 2.84. The van der Waals surface area contributed by atoms with Crippen molar-refractivity contribution in [2.45, 2.75) is 5.33 Å². The van der Waals surface area contributed by atoms with Gasteiger partial charge in [-0.25, -0.2) is 4.68 Å². The summed E-state index contributed by atoms with van der Waals surface area (Å²) in [5.41, 5.74) is 7.48. The molecule has 0 saturated carbocycles. The molecule has 0 aliphatic heterocycles. The van der Waals surface area contributed by atoms with E-state index in [1.807, 2.05) is 24.3 Å². The fraction of sp³-hybridized carbons (Fsp3) is 0.0909. The Hall–Kier alpha value is -1.62. The van der Waals surface area contributed by atoms with E-state index in [1.54, 1.807) is 16.9 Å². The van der Waals surface area contributed by atoms with E-state index in [0.717, 1.165) is 11.0 Å². The molecule has 5 heteroatoms. The van der Waals surface area contributed by atoms with Gasteiger partial charge in [0.25, 0.3) is 5.91 Å². The predicted molar refractivity (Wildman–Crippen MR) is 64.7 cm³/mol. The molecule has 0 fully saturated rings. The van der Waals surface area contributed by atoms with Crippen molar-refractivity contribution < 1.29 is 4.79 Å². The first-order valence-corrected chi connectivity index (χ1v) is 5.83. The van der Waals surface area contributed by atoms with E-state index in [4.69, 9.17) is 5.73 Å². The van der Waals surface area contributed by atoms with Crippen LogP contribution < -0.4 is 5.73 Å². The quantitative estimate of drug-likeness (QED) is 0.872. The van der Waals surface area contributed by atoms with Gasteiger partial charge in [0.1, 0.15) is 5.69 Å². The molecule has 0 aliphatic carbocycles. The summed E-state index contributed by atoms with van der Waals surface area (Å²) < 4.78 is 1.62. The van der Waals surface area contributed by atoms with E-state index in [2.05, 4.69) is 21.0 Å². The maximum Gasteiger partial charge on any atom is 0.269 e. The zero-order chi connectivity index (χ0) is 11.5. The lowest BCUT2D eigenvalue weighted by atomic mass is 10.2. The molecule has 0 spiro atoms. The molecule has 4 nitrogen and oxygen atoms in total. The van der Waals surface area contributed by atoms with Gasteiger partial charge in [0.05, 0.1) is 5.69 Å². The molecule has 0 aliphatic rings. The summed E-state index contributed by atoms with van der Waals surface area (Å²) in [5, 5.41) is 4.88. The summed E-state index contributed by atoms with van der Waals surface area (Å²) >= 11 is 3.38. The molecule has 0 unspecified atom stereocenters. The first kappa shape index (κ1) is 10.9.